The van der Waals surface area contributed by atoms with Crippen LogP contribution in [0.2, 0.25) is 5.02 Å². The second-order valence-electron chi connectivity index (χ2n) is 14.6. The summed E-state index contributed by atoms with van der Waals surface area (Å²) in [7, 11) is 0. The van der Waals surface area contributed by atoms with Gasteiger partial charge < -0.3 is 49.5 Å². The van der Waals surface area contributed by atoms with Crippen molar-refractivity contribution in [2.75, 3.05) is 19.6 Å². The highest BCUT2D eigenvalue weighted by molar-refractivity contribution is 6.30. The number of nitrogens with one attached hydrogen (secondary N) is 5. The van der Waals surface area contributed by atoms with Gasteiger partial charge >= 0.3 is 0 Å². The fourth-order valence-corrected chi connectivity index (χ4v) is 6.77. The molecule has 13 N–H and O–H groups in total. The third-order valence-corrected chi connectivity index (χ3v) is 10.0. The van der Waals surface area contributed by atoms with Gasteiger partial charge in [-0.05, 0) is 75.6 Å². The first-order chi connectivity index (χ1) is 27.5. The van der Waals surface area contributed by atoms with Crippen LogP contribution < -0.4 is 49.5 Å². The van der Waals surface area contributed by atoms with E-state index in [1.165, 1.54) is 6.92 Å². The van der Waals surface area contributed by atoms with Gasteiger partial charge in [-0.2, -0.15) is 0 Å². The van der Waals surface area contributed by atoms with Crippen molar-refractivity contribution >= 4 is 64.6 Å². The van der Waals surface area contributed by atoms with Crippen LogP contribution >= 0.6 is 11.6 Å². The summed E-state index contributed by atoms with van der Waals surface area (Å²) in [5.74, 6) is -6.86. The number of benzene rings is 1. The van der Waals surface area contributed by atoms with E-state index >= 15 is 0 Å². The number of carbonyl (C=O) groups is 8. The monoisotopic (exact) mass is 832 g/mol. The molecule has 6 amide bonds. The van der Waals surface area contributed by atoms with E-state index in [2.05, 4.69) is 31.6 Å². The number of guanidine groups is 1. The predicted octanol–water partition coefficient (Wildman–Crippen LogP) is -0.239. The standard InChI is InChI=1S/C39H61ClN10O8/c1-3-4-11-28(47-23(2)51)36(56)49-30-13-14-34(54)45-18-15-26(35(42)55)22-32(52)25(9-7-17-46-39(43)44)21-33(53)31(20-24-8-5-10-27(40)19-24)50-37(57)29(12-6-16-41)48-38(30)58/h5,8,10,19,25-26,28-31H,3-4,6-7,9,11-18,20-22,41H2,1-2H3,(H2,42,55)(H,45,54)(H,47,51)(H,48,58)(H,49,56)(H,50,57)(H4,43,44,46)/t25-,26-,28+,29+,30+,31-/m1/s1. The summed E-state index contributed by atoms with van der Waals surface area (Å²) >= 11 is 6.25. The first kappa shape index (κ1) is 49.0. The number of ketones is 2. The van der Waals surface area contributed by atoms with Gasteiger partial charge in [0.2, 0.25) is 35.4 Å². The maximum absolute atomic E-state index is 14.2. The Bertz CT molecular complexity index is 1620. The summed E-state index contributed by atoms with van der Waals surface area (Å²) < 4.78 is 0. The fraction of sp³-hybridized carbons (Fsp3) is 0.615. The molecule has 6 atom stereocenters. The normalized spacial score (nSPS) is 22.1. The largest absolute Gasteiger partial charge is 0.370 e. The van der Waals surface area contributed by atoms with Crippen molar-refractivity contribution < 1.29 is 38.4 Å². The lowest BCUT2D eigenvalue weighted by Crippen LogP contribution is -2.58. The molecule has 1 aromatic rings. The Morgan fingerprint density at radius 1 is 0.931 bits per heavy atom. The van der Waals surface area contributed by atoms with Gasteiger partial charge in [0, 0.05) is 56.1 Å². The molecule has 1 aliphatic heterocycles. The van der Waals surface area contributed by atoms with Crippen LogP contribution in [0.25, 0.3) is 0 Å². The number of primary amides is 1. The molecule has 1 aromatic carbocycles. The Morgan fingerprint density at radius 3 is 2.29 bits per heavy atom. The van der Waals surface area contributed by atoms with Crippen molar-refractivity contribution in [1.82, 2.24) is 26.6 Å². The van der Waals surface area contributed by atoms with Crippen molar-refractivity contribution in [3.63, 3.8) is 0 Å². The van der Waals surface area contributed by atoms with E-state index < -0.39 is 83.0 Å². The Kier molecular flexibility index (Phi) is 22.0. The molecule has 0 spiro atoms. The minimum atomic E-state index is -1.33. The average Bonchev–Trinajstić information content (AvgIpc) is 3.15. The van der Waals surface area contributed by atoms with E-state index in [0.29, 0.717) is 36.3 Å². The van der Waals surface area contributed by atoms with Gasteiger partial charge in [-0.3, -0.25) is 43.3 Å². The zero-order valence-electron chi connectivity index (χ0n) is 33.5. The van der Waals surface area contributed by atoms with Crippen molar-refractivity contribution in [3.8, 4) is 0 Å². The molecule has 0 unspecified atom stereocenters. The van der Waals surface area contributed by atoms with Crippen LogP contribution in [0.15, 0.2) is 29.3 Å². The number of carbonyl (C=O) groups excluding carboxylic acids is 8. The molecule has 1 heterocycles. The van der Waals surface area contributed by atoms with E-state index in [0.717, 1.165) is 6.42 Å². The molecule has 322 valence electrons. The van der Waals surface area contributed by atoms with Crippen LogP contribution in [0.3, 0.4) is 0 Å². The molecule has 19 heteroatoms. The number of rotatable bonds is 16. The fourth-order valence-electron chi connectivity index (χ4n) is 6.56. The number of amides is 6. The third kappa shape index (κ3) is 18.4. The highest BCUT2D eigenvalue weighted by Crippen LogP contribution is 2.22. The van der Waals surface area contributed by atoms with Gasteiger partial charge in [-0.15, -0.1) is 0 Å². The maximum Gasteiger partial charge on any atom is 0.243 e. The first-order valence-electron chi connectivity index (χ1n) is 19.8. The molecular formula is C39H61ClN10O8. The summed E-state index contributed by atoms with van der Waals surface area (Å²) in [6, 6.07) is 1.97. The van der Waals surface area contributed by atoms with E-state index in [9.17, 15) is 38.4 Å². The Balaban J connectivity index is 2.60. The minimum absolute atomic E-state index is 0.00816. The van der Waals surface area contributed by atoms with Crippen molar-refractivity contribution in [2.45, 2.75) is 121 Å². The Morgan fingerprint density at radius 2 is 1.66 bits per heavy atom. The van der Waals surface area contributed by atoms with Gasteiger partial charge in [-0.25, -0.2) is 0 Å². The highest BCUT2D eigenvalue weighted by Gasteiger charge is 2.34. The number of aliphatic imine (C=N–C) groups is 1. The van der Waals surface area contributed by atoms with E-state index in [-0.39, 0.29) is 77.0 Å². The lowest BCUT2D eigenvalue weighted by Gasteiger charge is -2.27. The number of hydrogen-bond acceptors (Lipinski definition) is 10. The van der Waals surface area contributed by atoms with Gasteiger partial charge in [0.1, 0.15) is 23.9 Å². The number of Topliss-reactive ketones (excluding diaryl/α,β-unsaturated/α-hetero) is 2. The molecule has 18 nitrogen and oxygen atoms in total. The summed E-state index contributed by atoms with van der Waals surface area (Å²) in [5, 5.41) is 13.8. The van der Waals surface area contributed by atoms with E-state index in [1.54, 1.807) is 24.3 Å². The molecular weight excluding hydrogens is 772 g/mol. The average molecular weight is 833 g/mol. The molecule has 58 heavy (non-hydrogen) atoms. The van der Waals surface area contributed by atoms with Crippen LogP contribution in [0.4, 0.5) is 0 Å². The molecule has 0 bridgehead atoms. The van der Waals surface area contributed by atoms with Crippen LogP contribution in [-0.2, 0) is 44.8 Å². The summed E-state index contributed by atoms with van der Waals surface area (Å²) in [5.41, 5.74) is 23.0. The molecule has 0 aliphatic carbocycles. The number of nitrogens with zero attached hydrogens (tertiary/aromatic N) is 1. The lowest BCUT2D eigenvalue weighted by atomic mass is 9.84. The third-order valence-electron chi connectivity index (χ3n) is 9.77. The van der Waals surface area contributed by atoms with Crippen molar-refractivity contribution in [1.29, 1.82) is 0 Å². The Labute approximate surface area is 344 Å². The van der Waals surface area contributed by atoms with Crippen molar-refractivity contribution in [3.05, 3.63) is 34.9 Å². The smallest absolute Gasteiger partial charge is 0.243 e. The number of unbranched alkanes of at least 4 members (excludes halogenated alkanes) is 1. The van der Waals surface area contributed by atoms with Gasteiger partial charge in [-0.1, -0.05) is 43.5 Å². The zero-order valence-corrected chi connectivity index (χ0v) is 34.2. The van der Waals surface area contributed by atoms with Crippen LogP contribution in [0.5, 0.6) is 0 Å². The second-order valence-corrected chi connectivity index (χ2v) is 15.0. The van der Waals surface area contributed by atoms with Gasteiger partial charge in [0.05, 0.1) is 6.04 Å². The lowest BCUT2D eigenvalue weighted by molar-refractivity contribution is -0.135. The van der Waals surface area contributed by atoms with Crippen LogP contribution in [0, 0.1) is 11.8 Å². The van der Waals surface area contributed by atoms with Gasteiger partial charge in [0.15, 0.2) is 11.7 Å². The molecule has 1 saturated heterocycles. The molecule has 0 aromatic heterocycles. The SMILES string of the molecule is CCCC[C@H](NC(C)=O)C(=O)N[C@H]1CCC(=O)NCC[C@@H](C(N)=O)CC(=O)[C@H](CCCN=C(N)N)CC(=O)[C@@H](Cc2cccc(Cl)c2)NC(=O)[C@H](CCCN)NC1=O. The minimum Gasteiger partial charge on any atom is -0.370 e. The summed E-state index contributed by atoms with van der Waals surface area (Å²) in [6.07, 6.45) is 1.36. The molecule has 1 aliphatic rings. The van der Waals surface area contributed by atoms with Crippen LogP contribution in [0.1, 0.15) is 96.5 Å². The maximum atomic E-state index is 14.2. The molecule has 0 saturated carbocycles. The molecule has 0 radical (unpaired) electrons. The summed E-state index contributed by atoms with van der Waals surface area (Å²) in [6.45, 7) is 3.48. The summed E-state index contributed by atoms with van der Waals surface area (Å²) in [4.78, 5) is 111. The number of hydrogen-bond donors (Lipinski definition) is 9. The quantitative estimate of drug-likeness (QED) is 0.0595. The highest BCUT2D eigenvalue weighted by atomic mass is 35.5. The molecule has 2 rings (SSSR count). The van der Waals surface area contributed by atoms with Crippen LogP contribution in [-0.4, -0.2) is 96.8 Å². The topological polar surface area (TPSA) is 313 Å². The molecule has 1 fully saturated rings. The number of halogens is 1. The second kappa shape index (κ2) is 26.0. The van der Waals surface area contributed by atoms with Gasteiger partial charge in [0.25, 0.3) is 0 Å². The zero-order chi connectivity index (χ0) is 43.2. The predicted molar refractivity (Wildman–Crippen MR) is 219 cm³/mol. The van der Waals surface area contributed by atoms with Crippen molar-refractivity contribution in [2.24, 2.45) is 39.8 Å². The Hall–Kier alpha value is -5.10. The van der Waals surface area contributed by atoms with E-state index in [4.69, 9.17) is 34.5 Å². The van der Waals surface area contributed by atoms with E-state index in [1.807, 2.05) is 6.92 Å². The first-order valence-corrected chi connectivity index (χ1v) is 20.2. The number of nitrogens with two attached hydrogens (primary N) is 4.